The normalized spacial score (nSPS) is 24.4. The molecule has 162 valence electrons. The number of hydrogen-bond donors (Lipinski definition) is 1. The average molecular weight is 400 g/mol. The SMILES string of the molecule is CC(C)CCN1CCN(C2CCN(c3ccc4c(c3)CCC4)CC2)CC1CCO. The summed E-state index contributed by atoms with van der Waals surface area (Å²) in [6.07, 6.45) is 8.61. The molecule has 1 aromatic rings. The van der Waals surface area contributed by atoms with E-state index in [9.17, 15) is 5.11 Å². The van der Waals surface area contributed by atoms with Gasteiger partial charge in [0.05, 0.1) is 0 Å². The molecule has 4 heteroatoms. The Labute approximate surface area is 177 Å². The van der Waals surface area contributed by atoms with Crippen molar-refractivity contribution in [3.8, 4) is 0 Å². The number of piperidine rings is 1. The molecule has 0 saturated carbocycles. The number of benzene rings is 1. The maximum atomic E-state index is 9.59. The first-order valence-electron chi connectivity index (χ1n) is 12.1. The predicted molar refractivity (Wildman–Crippen MR) is 122 cm³/mol. The van der Waals surface area contributed by atoms with E-state index >= 15 is 0 Å². The Kier molecular flexibility index (Phi) is 7.15. The Morgan fingerprint density at radius 2 is 1.83 bits per heavy atom. The standard InChI is InChI=1S/C25H41N3O/c1-20(2)8-12-27-15-16-28(19-25(27)11-17-29)23-9-13-26(14-10-23)24-7-6-21-4-3-5-22(21)18-24/h6-7,18,20,23,25,29H,3-5,8-17,19H2,1-2H3. The van der Waals surface area contributed by atoms with Crippen LogP contribution in [0.2, 0.25) is 0 Å². The molecule has 0 bridgehead atoms. The molecule has 2 aliphatic heterocycles. The number of hydrogen-bond acceptors (Lipinski definition) is 4. The quantitative estimate of drug-likeness (QED) is 0.759. The zero-order valence-electron chi connectivity index (χ0n) is 18.7. The fourth-order valence-electron chi connectivity index (χ4n) is 5.63. The second kappa shape index (κ2) is 9.80. The summed E-state index contributed by atoms with van der Waals surface area (Å²) in [5.41, 5.74) is 4.61. The Hall–Kier alpha value is -1.10. The minimum atomic E-state index is 0.313. The molecule has 1 N–H and O–H groups in total. The van der Waals surface area contributed by atoms with Crippen molar-refractivity contribution in [3.05, 3.63) is 29.3 Å². The molecule has 2 heterocycles. The van der Waals surface area contributed by atoms with Gasteiger partial charge in [0.15, 0.2) is 0 Å². The summed E-state index contributed by atoms with van der Waals surface area (Å²) >= 11 is 0. The minimum Gasteiger partial charge on any atom is -0.396 e. The molecular formula is C25H41N3O. The van der Waals surface area contributed by atoms with Crippen LogP contribution in [0.15, 0.2) is 18.2 Å². The number of aliphatic hydroxyl groups is 1. The monoisotopic (exact) mass is 399 g/mol. The summed E-state index contributed by atoms with van der Waals surface area (Å²) in [7, 11) is 0. The smallest absolute Gasteiger partial charge is 0.0446 e. The third-order valence-corrected chi connectivity index (χ3v) is 7.52. The van der Waals surface area contributed by atoms with Crippen LogP contribution in [0, 0.1) is 5.92 Å². The third-order valence-electron chi connectivity index (χ3n) is 7.52. The van der Waals surface area contributed by atoms with Crippen molar-refractivity contribution in [1.29, 1.82) is 0 Å². The molecule has 1 aliphatic carbocycles. The van der Waals surface area contributed by atoms with E-state index in [1.807, 2.05) is 0 Å². The highest BCUT2D eigenvalue weighted by molar-refractivity contribution is 5.52. The van der Waals surface area contributed by atoms with Gasteiger partial charge in [0.2, 0.25) is 0 Å². The van der Waals surface area contributed by atoms with Gasteiger partial charge in [-0.05, 0) is 80.7 Å². The van der Waals surface area contributed by atoms with Crippen molar-refractivity contribution >= 4 is 5.69 Å². The highest BCUT2D eigenvalue weighted by Crippen LogP contribution is 2.30. The van der Waals surface area contributed by atoms with Crippen LogP contribution >= 0.6 is 0 Å². The molecule has 2 saturated heterocycles. The van der Waals surface area contributed by atoms with Crippen molar-refractivity contribution < 1.29 is 5.11 Å². The van der Waals surface area contributed by atoms with Gasteiger partial charge in [-0.25, -0.2) is 0 Å². The number of aliphatic hydroxyl groups excluding tert-OH is 1. The summed E-state index contributed by atoms with van der Waals surface area (Å²) < 4.78 is 0. The van der Waals surface area contributed by atoms with Crippen LogP contribution in [-0.4, -0.2) is 72.9 Å². The van der Waals surface area contributed by atoms with Crippen LogP contribution in [0.25, 0.3) is 0 Å². The predicted octanol–water partition coefficient (Wildman–Crippen LogP) is 3.56. The van der Waals surface area contributed by atoms with E-state index in [0.717, 1.165) is 18.9 Å². The van der Waals surface area contributed by atoms with E-state index in [1.54, 1.807) is 11.1 Å². The van der Waals surface area contributed by atoms with Crippen LogP contribution in [0.5, 0.6) is 0 Å². The molecule has 29 heavy (non-hydrogen) atoms. The molecule has 1 atom stereocenters. The number of nitrogens with zero attached hydrogens (tertiary/aromatic N) is 3. The summed E-state index contributed by atoms with van der Waals surface area (Å²) in [5.74, 6) is 0.756. The molecule has 4 nitrogen and oxygen atoms in total. The highest BCUT2D eigenvalue weighted by Gasteiger charge is 2.32. The van der Waals surface area contributed by atoms with Crippen LogP contribution in [0.3, 0.4) is 0 Å². The molecule has 1 aromatic carbocycles. The Morgan fingerprint density at radius 1 is 1.03 bits per heavy atom. The fourth-order valence-corrected chi connectivity index (χ4v) is 5.63. The zero-order chi connectivity index (χ0) is 20.2. The first-order valence-corrected chi connectivity index (χ1v) is 12.1. The lowest BCUT2D eigenvalue weighted by Crippen LogP contribution is -2.58. The maximum Gasteiger partial charge on any atom is 0.0446 e. The van der Waals surface area contributed by atoms with Crippen molar-refractivity contribution in [2.45, 2.75) is 70.9 Å². The van der Waals surface area contributed by atoms with Gasteiger partial charge in [0.1, 0.15) is 0 Å². The zero-order valence-corrected chi connectivity index (χ0v) is 18.7. The largest absolute Gasteiger partial charge is 0.396 e. The Morgan fingerprint density at radius 3 is 2.59 bits per heavy atom. The molecule has 0 aromatic heterocycles. The molecule has 1 unspecified atom stereocenters. The summed E-state index contributed by atoms with van der Waals surface area (Å²) in [4.78, 5) is 8.00. The van der Waals surface area contributed by atoms with Gasteiger partial charge in [-0.15, -0.1) is 0 Å². The first-order chi connectivity index (χ1) is 14.1. The number of fused-ring (bicyclic) bond motifs is 1. The van der Waals surface area contributed by atoms with E-state index in [1.165, 1.54) is 76.9 Å². The number of anilines is 1. The third kappa shape index (κ3) is 5.15. The van der Waals surface area contributed by atoms with E-state index in [0.29, 0.717) is 18.7 Å². The first kappa shape index (κ1) is 21.1. The van der Waals surface area contributed by atoms with Gasteiger partial charge < -0.3 is 10.0 Å². The second-order valence-electron chi connectivity index (χ2n) is 9.90. The van der Waals surface area contributed by atoms with E-state index in [2.05, 4.69) is 46.7 Å². The molecule has 0 spiro atoms. The minimum absolute atomic E-state index is 0.313. The molecular weight excluding hydrogens is 358 g/mol. The summed E-state index contributed by atoms with van der Waals surface area (Å²) in [6, 6.07) is 8.44. The fraction of sp³-hybridized carbons (Fsp3) is 0.760. The van der Waals surface area contributed by atoms with E-state index in [4.69, 9.17) is 0 Å². The van der Waals surface area contributed by atoms with E-state index in [-0.39, 0.29) is 0 Å². The molecule has 0 amide bonds. The molecule has 0 radical (unpaired) electrons. The van der Waals surface area contributed by atoms with Gasteiger partial charge in [-0.1, -0.05) is 19.9 Å². The Balaban J connectivity index is 1.30. The van der Waals surface area contributed by atoms with Crippen molar-refractivity contribution in [3.63, 3.8) is 0 Å². The summed E-state index contributed by atoms with van der Waals surface area (Å²) in [5, 5.41) is 9.59. The topological polar surface area (TPSA) is 30.0 Å². The van der Waals surface area contributed by atoms with Crippen molar-refractivity contribution in [1.82, 2.24) is 9.80 Å². The highest BCUT2D eigenvalue weighted by atomic mass is 16.3. The lowest BCUT2D eigenvalue weighted by molar-refractivity contribution is 0.0277. The van der Waals surface area contributed by atoms with Gasteiger partial charge in [-0.2, -0.15) is 0 Å². The average Bonchev–Trinajstić information content (AvgIpc) is 3.21. The van der Waals surface area contributed by atoms with Gasteiger partial charge in [-0.3, -0.25) is 9.80 Å². The molecule has 3 aliphatic rings. The van der Waals surface area contributed by atoms with Crippen LogP contribution in [-0.2, 0) is 12.8 Å². The van der Waals surface area contributed by atoms with Crippen molar-refractivity contribution in [2.75, 3.05) is 50.8 Å². The number of aryl methyl sites for hydroxylation is 2. The van der Waals surface area contributed by atoms with Gasteiger partial charge >= 0.3 is 0 Å². The van der Waals surface area contributed by atoms with Crippen LogP contribution < -0.4 is 4.90 Å². The Bertz CT molecular complexity index is 653. The molecule has 4 rings (SSSR count). The van der Waals surface area contributed by atoms with E-state index < -0.39 is 0 Å². The van der Waals surface area contributed by atoms with Gasteiger partial charge in [0, 0.05) is 57.1 Å². The van der Waals surface area contributed by atoms with Crippen molar-refractivity contribution in [2.24, 2.45) is 5.92 Å². The van der Waals surface area contributed by atoms with Gasteiger partial charge in [0.25, 0.3) is 0 Å². The number of piperazine rings is 1. The summed E-state index contributed by atoms with van der Waals surface area (Å²) in [6.45, 7) is 12.0. The molecule has 2 fully saturated rings. The second-order valence-corrected chi connectivity index (χ2v) is 9.90. The lowest BCUT2D eigenvalue weighted by Gasteiger charge is -2.47. The lowest BCUT2D eigenvalue weighted by atomic mass is 9.98. The van der Waals surface area contributed by atoms with Crippen LogP contribution in [0.4, 0.5) is 5.69 Å². The number of rotatable bonds is 7. The van der Waals surface area contributed by atoms with Crippen LogP contribution in [0.1, 0.15) is 57.1 Å². The maximum absolute atomic E-state index is 9.59.